The SMILES string of the molecule is COc1c(C)cc(Br)cc1CNC1CCCNC1c1ccccc1. The fourth-order valence-corrected chi connectivity index (χ4v) is 4.20. The lowest BCUT2D eigenvalue weighted by atomic mass is 9.92. The van der Waals surface area contributed by atoms with Crippen LogP contribution in [-0.4, -0.2) is 19.7 Å². The van der Waals surface area contributed by atoms with Crippen molar-refractivity contribution in [3.8, 4) is 5.75 Å². The van der Waals surface area contributed by atoms with E-state index in [0.717, 1.165) is 28.9 Å². The molecule has 0 saturated carbocycles. The highest BCUT2D eigenvalue weighted by atomic mass is 79.9. The van der Waals surface area contributed by atoms with Gasteiger partial charge in [-0.3, -0.25) is 0 Å². The van der Waals surface area contributed by atoms with Crippen LogP contribution >= 0.6 is 15.9 Å². The summed E-state index contributed by atoms with van der Waals surface area (Å²) >= 11 is 3.60. The number of aryl methyl sites for hydroxylation is 1. The average Bonchev–Trinajstić information content (AvgIpc) is 2.60. The molecule has 1 aliphatic heterocycles. The number of rotatable bonds is 5. The van der Waals surface area contributed by atoms with Crippen molar-refractivity contribution in [1.82, 2.24) is 10.6 Å². The molecule has 2 atom stereocenters. The van der Waals surface area contributed by atoms with Crippen LogP contribution in [-0.2, 0) is 6.54 Å². The van der Waals surface area contributed by atoms with Crippen LogP contribution < -0.4 is 15.4 Å². The molecule has 0 bridgehead atoms. The topological polar surface area (TPSA) is 33.3 Å². The van der Waals surface area contributed by atoms with Gasteiger partial charge in [0.2, 0.25) is 0 Å². The van der Waals surface area contributed by atoms with Crippen molar-refractivity contribution in [1.29, 1.82) is 0 Å². The first-order valence-corrected chi connectivity index (χ1v) is 9.33. The van der Waals surface area contributed by atoms with E-state index in [1.165, 1.54) is 24.0 Å². The number of hydrogen-bond donors (Lipinski definition) is 2. The highest BCUT2D eigenvalue weighted by Gasteiger charge is 2.25. The van der Waals surface area contributed by atoms with Crippen LogP contribution in [0.1, 0.15) is 35.6 Å². The second-order valence-corrected chi connectivity index (χ2v) is 7.30. The van der Waals surface area contributed by atoms with Gasteiger partial charge in [-0.15, -0.1) is 0 Å². The van der Waals surface area contributed by atoms with Crippen molar-refractivity contribution in [3.63, 3.8) is 0 Å². The molecule has 0 radical (unpaired) electrons. The van der Waals surface area contributed by atoms with Crippen LogP contribution in [0.15, 0.2) is 46.9 Å². The second-order valence-electron chi connectivity index (χ2n) is 6.39. The number of methoxy groups -OCH3 is 1. The van der Waals surface area contributed by atoms with Crippen LogP contribution in [0.3, 0.4) is 0 Å². The monoisotopic (exact) mass is 388 g/mol. The molecule has 0 spiro atoms. The Kier molecular flexibility index (Phi) is 5.93. The van der Waals surface area contributed by atoms with Gasteiger partial charge in [-0.1, -0.05) is 46.3 Å². The molecule has 1 fully saturated rings. The molecule has 0 aliphatic carbocycles. The van der Waals surface area contributed by atoms with Crippen molar-refractivity contribution >= 4 is 15.9 Å². The highest BCUT2D eigenvalue weighted by Crippen LogP contribution is 2.29. The number of nitrogens with one attached hydrogen (secondary N) is 2. The maximum absolute atomic E-state index is 5.61. The smallest absolute Gasteiger partial charge is 0.126 e. The lowest BCUT2D eigenvalue weighted by Crippen LogP contribution is -2.45. The van der Waals surface area contributed by atoms with E-state index >= 15 is 0 Å². The number of hydrogen-bond acceptors (Lipinski definition) is 3. The van der Waals surface area contributed by atoms with E-state index in [4.69, 9.17) is 4.74 Å². The Bertz CT molecular complexity index is 675. The second kappa shape index (κ2) is 8.15. The average molecular weight is 389 g/mol. The third kappa shape index (κ3) is 4.00. The van der Waals surface area contributed by atoms with Crippen molar-refractivity contribution in [2.24, 2.45) is 0 Å². The molecule has 2 N–H and O–H groups in total. The number of halogens is 1. The molecule has 1 saturated heterocycles. The summed E-state index contributed by atoms with van der Waals surface area (Å²) in [4.78, 5) is 0. The summed E-state index contributed by atoms with van der Waals surface area (Å²) in [5.41, 5.74) is 3.71. The van der Waals surface area contributed by atoms with Crippen LogP contribution in [0.5, 0.6) is 5.75 Å². The molecule has 24 heavy (non-hydrogen) atoms. The molecule has 1 aliphatic rings. The van der Waals surface area contributed by atoms with Crippen LogP contribution in [0.4, 0.5) is 0 Å². The summed E-state index contributed by atoms with van der Waals surface area (Å²) in [6, 6.07) is 15.7. The molecule has 2 unspecified atom stereocenters. The molecule has 3 rings (SSSR count). The van der Waals surface area contributed by atoms with Crippen molar-refractivity contribution in [3.05, 3.63) is 63.6 Å². The van der Waals surface area contributed by atoms with Gasteiger partial charge < -0.3 is 15.4 Å². The van der Waals surface area contributed by atoms with Crippen LogP contribution in [0.25, 0.3) is 0 Å². The minimum atomic E-state index is 0.360. The number of benzene rings is 2. The van der Waals surface area contributed by atoms with Gasteiger partial charge in [0, 0.05) is 28.7 Å². The van der Waals surface area contributed by atoms with E-state index in [2.05, 4.69) is 76.0 Å². The van der Waals surface area contributed by atoms with E-state index in [1.807, 2.05) is 0 Å². The Morgan fingerprint density at radius 2 is 2.04 bits per heavy atom. The molecule has 0 amide bonds. The zero-order valence-corrected chi connectivity index (χ0v) is 15.9. The normalized spacial score (nSPS) is 20.8. The van der Waals surface area contributed by atoms with E-state index in [9.17, 15) is 0 Å². The summed E-state index contributed by atoms with van der Waals surface area (Å²) < 4.78 is 6.70. The van der Waals surface area contributed by atoms with Crippen LogP contribution in [0.2, 0.25) is 0 Å². The Morgan fingerprint density at radius 3 is 2.79 bits per heavy atom. The Balaban J connectivity index is 1.75. The first-order valence-electron chi connectivity index (χ1n) is 8.54. The molecule has 4 heteroatoms. The fraction of sp³-hybridized carbons (Fsp3) is 0.400. The predicted octanol–water partition coefficient (Wildman–Crippen LogP) is 4.35. The van der Waals surface area contributed by atoms with Gasteiger partial charge in [0.15, 0.2) is 0 Å². The minimum Gasteiger partial charge on any atom is -0.496 e. The largest absolute Gasteiger partial charge is 0.496 e. The molecule has 3 nitrogen and oxygen atoms in total. The molecule has 128 valence electrons. The summed E-state index contributed by atoms with van der Waals surface area (Å²) in [6.07, 6.45) is 2.39. The minimum absolute atomic E-state index is 0.360. The van der Waals surface area contributed by atoms with Gasteiger partial charge in [0.1, 0.15) is 5.75 Å². The van der Waals surface area contributed by atoms with Crippen LogP contribution in [0, 0.1) is 6.92 Å². The molecule has 2 aromatic carbocycles. The third-order valence-corrected chi connectivity index (χ3v) is 5.15. The third-order valence-electron chi connectivity index (χ3n) is 4.69. The Labute approximate surface area is 152 Å². The quantitative estimate of drug-likeness (QED) is 0.798. The lowest BCUT2D eigenvalue weighted by Gasteiger charge is -2.34. The summed E-state index contributed by atoms with van der Waals surface area (Å²) in [5.74, 6) is 0.978. The van der Waals surface area contributed by atoms with Crippen molar-refractivity contribution in [2.75, 3.05) is 13.7 Å². The van der Waals surface area contributed by atoms with Gasteiger partial charge >= 0.3 is 0 Å². The van der Waals surface area contributed by atoms with E-state index in [0.29, 0.717) is 12.1 Å². The first-order chi connectivity index (χ1) is 11.7. The molecule has 2 aromatic rings. The first kappa shape index (κ1) is 17.5. The summed E-state index contributed by atoms with van der Waals surface area (Å²) in [7, 11) is 1.74. The molecular formula is C20H25BrN2O. The van der Waals surface area contributed by atoms with E-state index in [-0.39, 0.29) is 0 Å². The van der Waals surface area contributed by atoms with Gasteiger partial charge in [0.05, 0.1) is 7.11 Å². The van der Waals surface area contributed by atoms with Crippen molar-refractivity contribution in [2.45, 2.75) is 38.4 Å². The molecule has 0 aromatic heterocycles. The summed E-state index contributed by atoms with van der Waals surface area (Å²) in [5, 5.41) is 7.42. The summed E-state index contributed by atoms with van der Waals surface area (Å²) in [6.45, 7) is 3.97. The molecular weight excluding hydrogens is 364 g/mol. The van der Waals surface area contributed by atoms with Gasteiger partial charge in [-0.25, -0.2) is 0 Å². The fourth-order valence-electron chi connectivity index (χ4n) is 3.58. The predicted molar refractivity (Wildman–Crippen MR) is 102 cm³/mol. The van der Waals surface area contributed by atoms with E-state index in [1.54, 1.807) is 7.11 Å². The number of ether oxygens (including phenoxy) is 1. The highest BCUT2D eigenvalue weighted by molar-refractivity contribution is 9.10. The lowest BCUT2D eigenvalue weighted by molar-refractivity contribution is 0.302. The van der Waals surface area contributed by atoms with E-state index < -0.39 is 0 Å². The van der Waals surface area contributed by atoms with Gasteiger partial charge in [-0.2, -0.15) is 0 Å². The van der Waals surface area contributed by atoms with Gasteiger partial charge in [-0.05, 0) is 49.6 Å². The standard InChI is InChI=1S/C20H25BrN2O/c1-14-11-17(21)12-16(20(14)24-2)13-23-18-9-6-10-22-19(18)15-7-4-3-5-8-15/h3-5,7-8,11-12,18-19,22-23H,6,9-10,13H2,1-2H3. The number of piperidine rings is 1. The zero-order valence-electron chi connectivity index (χ0n) is 14.3. The Morgan fingerprint density at radius 1 is 1.25 bits per heavy atom. The molecule has 1 heterocycles. The van der Waals surface area contributed by atoms with Crippen molar-refractivity contribution < 1.29 is 4.74 Å². The maximum Gasteiger partial charge on any atom is 0.126 e. The maximum atomic E-state index is 5.61. The zero-order chi connectivity index (χ0) is 16.9. The van der Waals surface area contributed by atoms with Gasteiger partial charge in [0.25, 0.3) is 0 Å². The Hall–Kier alpha value is -1.36.